The van der Waals surface area contributed by atoms with Gasteiger partial charge in [0.1, 0.15) is 0 Å². The van der Waals surface area contributed by atoms with E-state index < -0.39 is 0 Å². The Morgan fingerprint density at radius 1 is 0.451 bits per heavy atom. The summed E-state index contributed by atoms with van der Waals surface area (Å²) >= 11 is 11.1. The average molecular weight is 1260 g/mol. The molecule has 5 fully saturated rings. The Balaban J connectivity index is -0.000000124. The Hall–Kier alpha value is -0.0100. The molecule has 0 bridgehead atoms. The van der Waals surface area contributed by atoms with Gasteiger partial charge < -0.3 is 120 Å². The number of nitrogens with one attached hydrogen (secondary N) is 4. The number of ether oxygens (including phenoxy) is 7. The summed E-state index contributed by atoms with van der Waals surface area (Å²) in [7, 11) is 9.76. The van der Waals surface area contributed by atoms with Gasteiger partial charge in [0, 0.05) is 117 Å². The van der Waals surface area contributed by atoms with Gasteiger partial charge in [0.15, 0.2) is 0 Å². The number of hydrogen-bond donors (Lipinski definition) is 15. The van der Waals surface area contributed by atoms with E-state index in [4.69, 9.17) is 105 Å². The van der Waals surface area contributed by atoms with Gasteiger partial charge in [-0.2, -0.15) is 0 Å². The molecule has 0 aromatic carbocycles. The fourth-order valence-corrected chi connectivity index (χ4v) is 5.98. The van der Waals surface area contributed by atoms with E-state index in [0.29, 0.717) is 82.8 Å². The zero-order valence-corrected chi connectivity index (χ0v) is 56.0. The Morgan fingerprint density at radius 3 is 0.939 bits per heavy atom. The third-order valence-corrected chi connectivity index (χ3v) is 12.4. The number of nitrogens with two attached hydrogens (primary N) is 3. The molecule has 25 heteroatoms. The maximum atomic E-state index is 9.23. The molecule has 22 nitrogen and oxygen atoms in total. The lowest BCUT2D eigenvalue weighted by Gasteiger charge is -2.11. The highest BCUT2D eigenvalue weighted by Crippen LogP contribution is 2.15. The van der Waals surface area contributed by atoms with Crippen LogP contribution in [0, 0.1) is 23.7 Å². The SMILES string of the molecule is C1CC1.CCC(O)CN.CCC(O)CN.CCC(O)CN.CCC(O)CNC.CCC(O)CNC.CCC(O)CNCOCC1CCOC1.CNCC(O)COC.CO.COCC1CCOC1.ClCC1CCOC1.ClCC1CCOC1.[Cl-]. The average Bonchev–Trinajstić information content (AvgIpc) is 3.96. The Kier molecular flexibility index (Phi) is 102. The van der Waals surface area contributed by atoms with Crippen molar-refractivity contribution in [3.63, 3.8) is 0 Å². The molecule has 4 heterocycles. The smallest absolute Gasteiger partial charge is 0.0966 e. The van der Waals surface area contributed by atoms with E-state index in [1.165, 1.54) is 25.7 Å². The number of likely N-dealkylation sites (N-methyl/N-ethyl adjacent to an activating group) is 3. The van der Waals surface area contributed by atoms with E-state index in [1.807, 2.05) is 55.6 Å². The molecule has 11 atom stereocenters. The second kappa shape index (κ2) is 85.2. The minimum Gasteiger partial charge on any atom is -1.00 e. The van der Waals surface area contributed by atoms with E-state index in [0.717, 1.165) is 143 Å². The summed E-state index contributed by atoms with van der Waals surface area (Å²) in [5.74, 6) is 4.04. The molecule has 5 aliphatic rings. The normalized spacial score (nSPS) is 20.2. The molecule has 82 heavy (non-hydrogen) atoms. The van der Waals surface area contributed by atoms with Gasteiger partial charge in [-0.15, -0.1) is 23.2 Å². The zero-order chi connectivity index (χ0) is 63.2. The van der Waals surface area contributed by atoms with Gasteiger partial charge in [-0.05, 0) is 97.2 Å². The molecular formula is C57H133Cl3N7O15-. The van der Waals surface area contributed by atoms with Gasteiger partial charge in [-0.1, -0.05) is 60.8 Å². The molecule has 4 aliphatic heterocycles. The predicted octanol–water partition coefficient (Wildman–Crippen LogP) is -0.353. The molecule has 4 saturated heterocycles. The maximum absolute atomic E-state index is 9.23. The van der Waals surface area contributed by atoms with Crippen LogP contribution in [0.3, 0.4) is 0 Å². The van der Waals surface area contributed by atoms with Gasteiger partial charge in [0.25, 0.3) is 0 Å². The third kappa shape index (κ3) is 91.2. The first-order chi connectivity index (χ1) is 39.0. The van der Waals surface area contributed by atoms with Crippen LogP contribution in [0.1, 0.15) is 125 Å². The minimum absolute atomic E-state index is 0. The number of rotatable bonds is 27. The van der Waals surface area contributed by atoms with Crippen molar-refractivity contribution in [3.05, 3.63) is 0 Å². The number of aliphatic hydroxyl groups excluding tert-OH is 8. The third-order valence-electron chi connectivity index (χ3n) is 11.5. The second-order valence-corrected chi connectivity index (χ2v) is 20.2. The number of halogens is 3. The predicted molar refractivity (Wildman–Crippen MR) is 334 cm³/mol. The number of aliphatic hydroxyl groups is 8. The summed E-state index contributed by atoms with van der Waals surface area (Å²) < 4.78 is 35.5. The summed E-state index contributed by atoms with van der Waals surface area (Å²) in [5.41, 5.74) is 15.1. The van der Waals surface area contributed by atoms with Gasteiger partial charge in [-0.3, -0.25) is 5.32 Å². The first-order valence-corrected chi connectivity index (χ1v) is 31.0. The summed E-state index contributed by atoms with van der Waals surface area (Å²) in [6.45, 7) is 25.0. The van der Waals surface area contributed by atoms with Gasteiger partial charge in [0.05, 0.1) is 95.7 Å². The number of hydrogen-bond acceptors (Lipinski definition) is 22. The quantitative estimate of drug-likeness (QED) is 0.0284. The first kappa shape index (κ1) is 98.2. The molecule has 0 aromatic rings. The first-order valence-electron chi connectivity index (χ1n) is 29.9. The standard InChI is InChI=1S/C10H21NO3.C6H12O2.2C5H9ClO.C5H13NO2.2C5H13NO.3C4H11NO.C3H6.CH4O.ClH/c1-2-10(12)5-11-8-14-7-9-3-4-13-6-9;1-7-4-6-2-3-8-5-6;2*6-3-5-1-2-7-4-5;1-6-3-5(7)4-8-2;2*1-3-5(7)4-6-2;3*1-2-4(6)3-5;1-2-3-1;1-2;/h9-12H,2-8H2,1H3;6H,2-5H2,1H3;2*5H,1-4H2;5-7H,3-4H2,1-2H3;2*5-7H,3-4H2,1-2H3;3*4,6H,2-3,5H2,1H3;1-3H2;2H,1H3;1H/p-1. The Morgan fingerprint density at radius 2 is 0.744 bits per heavy atom. The summed E-state index contributed by atoms with van der Waals surface area (Å²) in [4.78, 5) is 0. The van der Waals surface area contributed by atoms with Gasteiger partial charge >= 0.3 is 0 Å². The largest absolute Gasteiger partial charge is 1.00 e. The van der Waals surface area contributed by atoms with Crippen molar-refractivity contribution in [2.75, 3.05) is 179 Å². The van der Waals surface area contributed by atoms with E-state index in [1.54, 1.807) is 21.3 Å². The zero-order valence-electron chi connectivity index (χ0n) is 53.7. The molecular weight excluding hydrogens is 1130 g/mol. The Bertz CT molecular complexity index is 988. The summed E-state index contributed by atoms with van der Waals surface area (Å²) in [6.07, 6.45) is 12.0. The molecule has 0 amide bonds. The molecule has 0 radical (unpaired) electrons. The van der Waals surface area contributed by atoms with Crippen molar-refractivity contribution in [1.82, 2.24) is 21.3 Å². The van der Waals surface area contributed by atoms with Crippen LogP contribution in [-0.2, 0) is 33.2 Å². The van der Waals surface area contributed by atoms with Crippen LogP contribution in [0.15, 0.2) is 0 Å². The molecule has 5 rings (SSSR count). The number of methoxy groups -OCH3 is 2. The lowest BCUT2D eigenvalue weighted by molar-refractivity contribution is -0.0000343. The summed E-state index contributed by atoms with van der Waals surface area (Å²) in [5, 5.41) is 79.9. The molecule has 18 N–H and O–H groups in total. The van der Waals surface area contributed by atoms with E-state index in [-0.39, 0.29) is 55.1 Å². The van der Waals surface area contributed by atoms with E-state index in [9.17, 15) is 5.11 Å². The highest BCUT2D eigenvalue weighted by molar-refractivity contribution is 6.18. The van der Waals surface area contributed by atoms with Gasteiger partial charge in [0.2, 0.25) is 0 Å². The molecule has 1 saturated carbocycles. The number of alkyl halides is 2. The topological polar surface area (TPSA) is 353 Å². The van der Waals surface area contributed by atoms with E-state index >= 15 is 0 Å². The molecule has 11 unspecified atom stereocenters. The van der Waals surface area contributed by atoms with E-state index in [2.05, 4.69) is 26.0 Å². The van der Waals surface area contributed by atoms with Crippen molar-refractivity contribution >= 4 is 23.2 Å². The minimum atomic E-state index is -0.370. The Labute approximate surface area is 516 Å². The van der Waals surface area contributed by atoms with Crippen molar-refractivity contribution < 1.29 is 86.4 Å². The van der Waals surface area contributed by atoms with Crippen molar-refractivity contribution in [3.8, 4) is 0 Å². The van der Waals surface area contributed by atoms with Crippen LogP contribution in [0.25, 0.3) is 0 Å². The lowest BCUT2D eigenvalue weighted by Crippen LogP contribution is -3.00. The van der Waals surface area contributed by atoms with Crippen LogP contribution in [0.5, 0.6) is 0 Å². The van der Waals surface area contributed by atoms with Gasteiger partial charge in [-0.25, -0.2) is 0 Å². The molecule has 508 valence electrons. The molecule has 1 aliphatic carbocycles. The second-order valence-electron chi connectivity index (χ2n) is 19.6. The van der Waals surface area contributed by atoms with Crippen LogP contribution in [0.2, 0.25) is 0 Å². The highest BCUT2D eigenvalue weighted by Gasteiger charge is 2.16. The van der Waals surface area contributed by atoms with Crippen molar-refractivity contribution in [2.24, 2.45) is 40.9 Å². The van der Waals surface area contributed by atoms with Crippen LogP contribution >= 0.6 is 23.2 Å². The highest BCUT2D eigenvalue weighted by atomic mass is 35.5. The summed E-state index contributed by atoms with van der Waals surface area (Å²) in [6, 6.07) is 0. The maximum Gasteiger partial charge on any atom is 0.0966 e. The molecule has 0 spiro atoms. The van der Waals surface area contributed by atoms with Crippen LogP contribution in [-0.4, -0.2) is 263 Å². The monoisotopic (exact) mass is 1260 g/mol. The fourth-order valence-electron chi connectivity index (χ4n) is 5.49. The van der Waals surface area contributed by atoms with Crippen molar-refractivity contribution in [2.45, 2.75) is 168 Å². The molecule has 0 aromatic heterocycles. The van der Waals surface area contributed by atoms with Crippen LogP contribution in [0.4, 0.5) is 0 Å². The fraction of sp³-hybridized carbons (Fsp3) is 1.00. The van der Waals surface area contributed by atoms with Crippen LogP contribution < -0.4 is 50.9 Å². The van der Waals surface area contributed by atoms with Crippen molar-refractivity contribution in [1.29, 1.82) is 0 Å². The lowest BCUT2D eigenvalue weighted by atomic mass is 10.1.